The maximum Gasteiger partial charge on any atom is 0.452 e. The van der Waals surface area contributed by atoms with E-state index in [9.17, 15) is 13.2 Å². The van der Waals surface area contributed by atoms with Crippen LogP contribution in [0.4, 0.5) is 18.3 Å². The molecule has 1 fully saturated rings. The number of nitrogens with zero attached hydrogens (tertiary/aromatic N) is 4. The van der Waals surface area contributed by atoms with Crippen LogP contribution in [0.5, 0.6) is 0 Å². The van der Waals surface area contributed by atoms with Gasteiger partial charge in [-0.25, -0.2) is 5.01 Å². The van der Waals surface area contributed by atoms with Crippen molar-refractivity contribution in [3.8, 4) is 0 Å². The highest BCUT2D eigenvalue weighted by Crippen LogP contribution is 2.29. The number of likely N-dealkylation sites (N-methyl/N-ethyl adjacent to an activating group) is 1. The van der Waals surface area contributed by atoms with Crippen molar-refractivity contribution in [3.63, 3.8) is 0 Å². The van der Waals surface area contributed by atoms with Crippen LogP contribution in [0, 0.1) is 0 Å². The molecule has 2 heterocycles. The summed E-state index contributed by atoms with van der Waals surface area (Å²) >= 11 is 0.723. The van der Waals surface area contributed by atoms with Crippen LogP contribution in [0.15, 0.2) is 0 Å². The Morgan fingerprint density at radius 3 is 2.41 bits per heavy atom. The van der Waals surface area contributed by atoms with Crippen LogP contribution in [0.2, 0.25) is 0 Å². The number of hydrazine groups is 1. The van der Waals surface area contributed by atoms with Crippen molar-refractivity contribution in [3.05, 3.63) is 5.82 Å². The molecule has 96 valence electrons. The van der Waals surface area contributed by atoms with Gasteiger partial charge in [0.15, 0.2) is 0 Å². The molecule has 0 aromatic carbocycles. The number of rotatable bonds is 2. The molecule has 1 N–H and O–H groups in total. The Morgan fingerprint density at radius 2 is 1.88 bits per heavy atom. The monoisotopic (exact) mass is 267 g/mol. The van der Waals surface area contributed by atoms with Gasteiger partial charge in [-0.15, -0.1) is 0 Å². The Hall–Kier alpha value is -0.930. The highest BCUT2D eigenvalue weighted by Gasteiger charge is 2.36. The van der Waals surface area contributed by atoms with E-state index in [1.54, 1.807) is 0 Å². The Labute approximate surface area is 100 Å². The van der Waals surface area contributed by atoms with E-state index in [-0.39, 0.29) is 5.13 Å². The fourth-order valence-electron chi connectivity index (χ4n) is 1.44. The maximum atomic E-state index is 12.3. The lowest BCUT2D eigenvalue weighted by Gasteiger charge is -2.32. The summed E-state index contributed by atoms with van der Waals surface area (Å²) in [7, 11) is 2.00. The maximum absolute atomic E-state index is 12.3. The Bertz CT molecular complexity index is 371. The van der Waals surface area contributed by atoms with Gasteiger partial charge in [-0.1, -0.05) is 0 Å². The Kier molecular flexibility index (Phi) is 3.50. The van der Waals surface area contributed by atoms with Crippen molar-refractivity contribution < 1.29 is 13.2 Å². The van der Waals surface area contributed by atoms with Crippen molar-refractivity contribution in [1.29, 1.82) is 0 Å². The second kappa shape index (κ2) is 4.75. The van der Waals surface area contributed by atoms with E-state index in [4.69, 9.17) is 0 Å². The summed E-state index contributed by atoms with van der Waals surface area (Å²) in [5.74, 6) is -1.08. The average Bonchev–Trinajstić information content (AvgIpc) is 2.69. The summed E-state index contributed by atoms with van der Waals surface area (Å²) < 4.78 is 40.1. The average molecular weight is 267 g/mol. The highest BCUT2D eigenvalue weighted by molar-refractivity contribution is 7.09. The molecule has 1 aliphatic rings. The van der Waals surface area contributed by atoms with Gasteiger partial charge in [0.05, 0.1) is 0 Å². The standard InChI is InChI=1S/C8H12F3N5S/c1-15-2-4-16(5-3-15)13-7-12-6(14-17-7)8(9,10)11/h2-5H2,1H3,(H,12,13,14). The summed E-state index contributed by atoms with van der Waals surface area (Å²) in [5.41, 5.74) is 2.85. The lowest BCUT2D eigenvalue weighted by atomic mass is 10.4. The third-order valence-electron chi connectivity index (χ3n) is 2.44. The van der Waals surface area contributed by atoms with Crippen molar-refractivity contribution in [2.24, 2.45) is 0 Å². The number of nitrogens with one attached hydrogen (secondary N) is 1. The summed E-state index contributed by atoms with van der Waals surface area (Å²) in [6, 6.07) is 0. The second-order valence-electron chi connectivity index (χ2n) is 3.82. The van der Waals surface area contributed by atoms with Crippen LogP contribution in [-0.4, -0.2) is 52.5 Å². The molecule has 0 radical (unpaired) electrons. The van der Waals surface area contributed by atoms with Crippen molar-refractivity contribution in [2.75, 3.05) is 38.7 Å². The fourth-order valence-corrected chi connectivity index (χ4v) is 2.05. The van der Waals surface area contributed by atoms with Crippen LogP contribution < -0.4 is 5.43 Å². The number of hydrogen-bond acceptors (Lipinski definition) is 6. The normalized spacial score (nSPS) is 19.5. The SMILES string of the molecule is CN1CCN(Nc2nc(C(F)(F)F)ns2)CC1. The Morgan fingerprint density at radius 1 is 1.24 bits per heavy atom. The van der Waals surface area contributed by atoms with Crippen molar-refractivity contribution in [1.82, 2.24) is 19.3 Å². The minimum Gasteiger partial charge on any atom is -0.304 e. The molecule has 1 saturated heterocycles. The first kappa shape index (κ1) is 12.5. The zero-order chi connectivity index (χ0) is 12.5. The molecule has 0 bridgehead atoms. The molecule has 0 amide bonds. The summed E-state index contributed by atoms with van der Waals surface area (Å²) in [6.07, 6.45) is -4.47. The van der Waals surface area contributed by atoms with E-state index < -0.39 is 12.0 Å². The highest BCUT2D eigenvalue weighted by atomic mass is 32.1. The van der Waals surface area contributed by atoms with Gasteiger partial charge in [0.1, 0.15) is 0 Å². The third-order valence-corrected chi connectivity index (χ3v) is 3.06. The van der Waals surface area contributed by atoms with Gasteiger partial charge >= 0.3 is 6.18 Å². The lowest BCUT2D eigenvalue weighted by Crippen LogP contribution is -2.46. The molecule has 0 aliphatic carbocycles. The number of alkyl halides is 3. The molecule has 1 aromatic heterocycles. The third kappa shape index (κ3) is 3.27. The predicted molar refractivity (Wildman–Crippen MR) is 57.6 cm³/mol. The molecule has 5 nitrogen and oxygen atoms in total. The smallest absolute Gasteiger partial charge is 0.304 e. The first-order chi connectivity index (χ1) is 7.95. The molecule has 17 heavy (non-hydrogen) atoms. The van der Waals surface area contributed by atoms with E-state index in [0.29, 0.717) is 0 Å². The van der Waals surface area contributed by atoms with Crippen molar-refractivity contribution in [2.45, 2.75) is 6.18 Å². The molecule has 0 spiro atoms. The first-order valence-electron chi connectivity index (χ1n) is 5.06. The molecule has 0 saturated carbocycles. The summed E-state index contributed by atoms with van der Waals surface area (Å²) in [5, 5.41) is 2.03. The Balaban J connectivity index is 1.93. The van der Waals surface area contributed by atoms with E-state index >= 15 is 0 Å². The number of hydrogen-bond donors (Lipinski definition) is 1. The van der Waals surface area contributed by atoms with E-state index in [0.717, 1.165) is 37.7 Å². The number of halogens is 3. The summed E-state index contributed by atoms with van der Waals surface area (Å²) in [6.45, 7) is 3.24. The number of anilines is 1. The van der Waals surface area contributed by atoms with Gasteiger partial charge < -0.3 is 4.90 Å². The van der Waals surface area contributed by atoms with Gasteiger partial charge in [-0.05, 0) is 7.05 Å². The number of piperazine rings is 1. The van der Waals surface area contributed by atoms with Crippen LogP contribution in [-0.2, 0) is 6.18 Å². The minimum atomic E-state index is -4.47. The molecule has 1 aliphatic heterocycles. The molecule has 9 heteroatoms. The fraction of sp³-hybridized carbons (Fsp3) is 0.750. The summed E-state index contributed by atoms with van der Waals surface area (Å²) in [4.78, 5) is 5.56. The topological polar surface area (TPSA) is 44.3 Å². The van der Waals surface area contributed by atoms with Gasteiger partial charge in [-0.2, -0.15) is 22.5 Å². The van der Waals surface area contributed by atoms with Crippen LogP contribution in [0.1, 0.15) is 5.82 Å². The minimum absolute atomic E-state index is 0.182. The van der Waals surface area contributed by atoms with Crippen molar-refractivity contribution >= 4 is 16.7 Å². The van der Waals surface area contributed by atoms with Gasteiger partial charge in [0.2, 0.25) is 11.0 Å². The van der Waals surface area contributed by atoms with E-state index in [1.165, 1.54) is 0 Å². The molecule has 0 unspecified atom stereocenters. The van der Waals surface area contributed by atoms with Crippen LogP contribution in [0.3, 0.4) is 0 Å². The molecular weight excluding hydrogens is 255 g/mol. The quantitative estimate of drug-likeness (QED) is 0.870. The molecule has 1 aromatic rings. The van der Waals surface area contributed by atoms with Crippen LogP contribution in [0.25, 0.3) is 0 Å². The lowest BCUT2D eigenvalue weighted by molar-refractivity contribution is -0.144. The second-order valence-corrected chi connectivity index (χ2v) is 4.57. The zero-order valence-electron chi connectivity index (χ0n) is 9.16. The van der Waals surface area contributed by atoms with E-state index in [2.05, 4.69) is 19.7 Å². The van der Waals surface area contributed by atoms with Gasteiger partial charge in [0, 0.05) is 37.7 Å². The van der Waals surface area contributed by atoms with Gasteiger partial charge in [0.25, 0.3) is 0 Å². The van der Waals surface area contributed by atoms with Gasteiger partial charge in [-0.3, -0.25) is 5.43 Å². The molecule has 0 atom stereocenters. The van der Waals surface area contributed by atoms with E-state index in [1.807, 2.05) is 12.1 Å². The molecular formula is C8H12F3N5S. The molecule has 2 rings (SSSR count). The number of aromatic nitrogens is 2. The van der Waals surface area contributed by atoms with Crippen LogP contribution >= 0.6 is 11.5 Å². The first-order valence-corrected chi connectivity index (χ1v) is 5.83. The predicted octanol–water partition coefficient (Wildman–Crippen LogP) is 1.13. The zero-order valence-corrected chi connectivity index (χ0v) is 9.98. The largest absolute Gasteiger partial charge is 0.452 e.